The highest BCUT2D eigenvalue weighted by molar-refractivity contribution is 7.92. The summed E-state index contributed by atoms with van der Waals surface area (Å²) < 4.78 is 27.8. The van der Waals surface area contributed by atoms with Crippen LogP contribution in [0.15, 0.2) is 71.6 Å². The number of sulfonamides is 1. The monoisotopic (exact) mass is 484 g/mol. The number of rotatable bonds is 6. The molecule has 0 saturated heterocycles. The molecule has 0 fully saturated rings. The first kappa shape index (κ1) is 23.8. The lowest BCUT2D eigenvalue weighted by Gasteiger charge is -2.12. The molecule has 0 aromatic heterocycles. The van der Waals surface area contributed by atoms with Crippen molar-refractivity contribution in [2.75, 3.05) is 10.0 Å². The smallest absolute Gasteiger partial charge is 0.282 e. The summed E-state index contributed by atoms with van der Waals surface area (Å²) >= 11 is 5.09. The van der Waals surface area contributed by atoms with Crippen LogP contribution in [0.4, 0.5) is 17.1 Å². The maximum atomic E-state index is 12.7. The second-order valence-electron chi connectivity index (χ2n) is 7.11. The van der Waals surface area contributed by atoms with Crippen molar-refractivity contribution in [2.45, 2.75) is 18.7 Å². The summed E-state index contributed by atoms with van der Waals surface area (Å²) in [6, 6.07) is 16.5. The van der Waals surface area contributed by atoms with Gasteiger partial charge in [-0.15, -0.1) is 0 Å². The number of nitrogens with one attached hydrogen (secondary N) is 3. The summed E-state index contributed by atoms with van der Waals surface area (Å²) in [5.41, 5.74) is 2.42. The van der Waals surface area contributed by atoms with Crippen LogP contribution in [0.25, 0.3) is 0 Å². The lowest BCUT2D eigenvalue weighted by Crippen LogP contribution is -2.34. The van der Waals surface area contributed by atoms with Crippen molar-refractivity contribution in [3.63, 3.8) is 0 Å². The number of benzene rings is 3. The molecule has 33 heavy (non-hydrogen) atoms. The highest BCUT2D eigenvalue weighted by Crippen LogP contribution is 2.21. The highest BCUT2D eigenvalue weighted by Gasteiger charge is 2.20. The molecule has 3 rings (SSSR count). The Hall–Kier alpha value is -3.83. The first-order chi connectivity index (χ1) is 15.6. The molecule has 0 heterocycles. The number of nitrogens with zero attached hydrogens (tertiary/aromatic N) is 1. The molecular formula is C22H20N4O5S2. The Morgan fingerprint density at radius 1 is 0.939 bits per heavy atom. The van der Waals surface area contributed by atoms with E-state index in [2.05, 4.69) is 15.4 Å². The zero-order valence-electron chi connectivity index (χ0n) is 17.7. The normalized spacial score (nSPS) is 10.8. The second kappa shape index (κ2) is 9.76. The van der Waals surface area contributed by atoms with Gasteiger partial charge in [0.2, 0.25) is 0 Å². The van der Waals surface area contributed by atoms with Crippen LogP contribution >= 0.6 is 12.2 Å². The van der Waals surface area contributed by atoms with E-state index in [-0.39, 0.29) is 21.3 Å². The topological polar surface area (TPSA) is 130 Å². The van der Waals surface area contributed by atoms with Crippen LogP contribution < -0.4 is 15.4 Å². The third-order valence-electron chi connectivity index (χ3n) is 4.75. The van der Waals surface area contributed by atoms with Crippen LogP contribution in [-0.2, 0) is 10.0 Å². The van der Waals surface area contributed by atoms with E-state index >= 15 is 0 Å². The number of carbonyl (C=O) groups is 1. The Morgan fingerprint density at radius 2 is 1.58 bits per heavy atom. The molecule has 0 bridgehead atoms. The van der Waals surface area contributed by atoms with Gasteiger partial charge in [-0.25, -0.2) is 8.42 Å². The Morgan fingerprint density at radius 3 is 2.21 bits per heavy atom. The quantitative estimate of drug-likeness (QED) is 0.272. The molecule has 0 radical (unpaired) electrons. The number of carbonyl (C=O) groups excluding carboxylic acids is 1. The minimum atomic E-state index is -3.80. The van der Waals surface area contributed by atoms with Crippen molar-refractivity contribution in [3.8, 4) is 0 Å². The fourth-order valence-corrected chi connectivity index (χ4v) is 4.15. The maximum Gasteiger partial charge on any atom is 0.282 e. The number of thiocarbonyl (C=S) groups is 1. The van der Waals surface area contributed by atoms with Gasteiger partial charge in [-0.1, -0.05) is 18.2 Å². The van der Waals surface area contributed by atoms with E-state index < -0.39 is 20.9 Å². The molecule has 0 aliphatic carbocycles. The summed E-state index contributed by atoms with van der Waals surface area (Å²) in [7, 11) is -3.80. The van der Waals surface area contributed by atoms with Gasteiger partial charge >= 0.3 is 0 Å². The summed E-state index contributed by atoms with van der Waals surface area (Å²) in [6.45, 7) is 3.83. The van der Waals surface area contributed by atoms with E-state index in [0.29, 0.717) is 11.4 Å². The summed E-state index contributed by atoms with van der Waals surface area (Å²) in [5, 5.41) is 16.1. The van der Waals surface area contributed by atoms with Gasteiger partial charge in [0.25, 0.3) is 21.6 Å². The fourth-order valence-electron chi connectivity index (χ4n) is 2.89. The number of hydrogen-bond donors (Lipinski definition) is 3. The van der Waals surface area contributed by atoms with Crippen LogP contribution in [0.1, 0.15) is 21.5 Å². The molecular weight excluding hydrogens is 464 g/mol. The molecule has 0 aliphatic rings. The zero-order chi connectivity index (χ0) is 24.2. The number of nitro benzene ring substituents is 1. The fraction of sp³-hybridized carbons (Fsp3) is 0.0909. The standard InChI is InChI=1S/C22H20N4O5S2/c1-14-7-8-17(13-15(14)2)25-33(30,31)18-11-9-16(10-12-18)23-22(32)24-21(27)19-5-3-4-6-20(19)26(28)29/h3-13,25H,1-2H3,(H2,23,24,27,32). The Balaban J connectivity index is 1.66. The molecule has 0 unspecified atom stereocenters. The van der Waals surface area contributed by atoms with Gasteiger partial charge in [-0.05, 0) is 79.7 Å². The van der Waals surface area contributed by atoms with Crippen LogP contribution in [0.3, 0.4) is 0 Å². The molecule has 1 amide bonds. The van der Waals surface area contributed by atoms with Crippen molar-refractivity contribution in [3.05, 3.63) is 93.5 Å². The lowest BCUT2D eigenvalue weighted by atomic mass is 10.1. The lowest BCUT2D eigenvalue weighted by molar-refractivity contribution is -0.385. The molecule has 11 heteroatoms. The van der Waals surface area contributed by atoms with Crippen molar-refractivity contribution in [2.24, 2.45) is 0 Å². The number of hydrogen-bond acceptors (Lipinski definition) is 6. The van der Waals surface area contributed by atoms with Crippen molar-refractivity contribution in [1.82, 2.24) is 5.32 Å². The number of aryl methyl sites for hydroxylation is 2. The van der Waals surface area contributed by atoms with Crippen LogP contribution in [0.5, 0.6) is 0 Å². The van der Waals surface area contributed by atoms with E-state index in [1.807, 2.05) is 19.9 Å². The highest BCUT2D eigenvalue weighted by atomic mass is 32.2. The Kier molecular flexibility index (Phi) is 7.04. The van der Waals surface area contributed by atoms with Gasteiger partial charge in [-0.3, -0.25) is 24.9 Å². The average Bonchev–Trinajstić information content (AvgIpc) is 2.76. The summed E-state index contributed by atoms with van der Waals surface area (Å²) in [4.78, 5) is 22.8. The molecule has 0 spiro atoms. The zero-order valence-corrected chi connectivity index (χ0v) is 19.3. The molecule has 3 aromatic rings. The first-order valence-corrected chi connectivity index (χ1v) is 11.5. The van der Waals surface area contributed by atoms with E-state index in [1.54, 1.807) is 12.1 Å². The predicted octanol–water partition coefficient (Wildman–Crippen LogP) is 4.14. The van der Waals surface area contributed by atoms with E-state index in [9.17, 15) is 23.3 Å². The van der Waals surface area contributed by atoms with E-state index in [0.717, 1.165) is 11.1 Å². The third-order valence-corrected chi connectivity index (χ3v) is 6.36. The van der Waals surface area contributed by atoms with Crippen LogP contribution in [0.2, 0.25) is 0 Å². The molecule has 3 aromatic carbocycles. The number of anilines is 2. The molecule has 9 nitrogen and oxygen atoms in total. The van der Waals surface area contributed by atoms with Gasteiger partial charge in [-0.2, -0.15) is 0 Å². The number of nitro groups is 1. The number of para-hydroxylation sites is 1. The van der Waals surface area contributed by atoms with Gasteiger partial charge in [0, 0.05) is 17.4 Å². The SMILES string of the molecule is Cc1ccc(NS(=O)(=O)c2ccc(NC(=S)NC(=O)c3ccccc3[N+](=O)[O-])cc2)cc1C. The van der Waals surface area contributed by atoms with Crippen LogP contribution in [-0.4, -0.2) is 24.4 Å². The predicted molar refractivity (Wildman–Crippen MR) is 130 cm³/mol. The van der Waals surface area contributed by atoms with Gasteiger partial charge < -0.3 is 5.32 Å². The Bertz CT molecular complexity index is 1340. The second-order valence-corrected chi connectivity index (χ2v) is 9.20. The van der Waals surface area contributed by atoms with Crippen molar-refractivity contribution < 1.29 is 18.1 Å². The third kappa shape index (κ3) is 5.90. The van der Waals surface area contributed by atoms with Crippen molar-refractivity contribution in [1.29, 1.82) is 0 Å². The molecule has 0 saturated carbocycles. The molecule has 0 aliphatic heterocycles. The van der Waals surface area contributed by atoms with Crippen molar-refractivity contribution >= 4 is 50.3 Å². The van der Waals surface area contributed by atoms with Gasteiger partial charge in [0.05, 0.1) is 9.82 Å². The molecule has 0 atom stereocenters. The molecule has 3 N–H and O–H groups in total. The largest absolute Gasteiger partial charge is 0.332 e. The Labute approximate surface area is 196 Å². The maximum absolute atomic E-state index is 12.7. The summed E-state index contributed by atoms with van der Waals surface area (Å²) in [6.07, 6.45) is 0. The van der Waals surface area contributed by atoms with Crippen LogP contribution in [0, 0.1) is 24.0 Å². The first-order valence-electron chi connectivity index (χ1n) is 9.63. The number of amides is 1. The van der Waals surface area contributed by atoms with E-state index in [4.69, 9.17) is 12.2 Å². The van der Waals surface area contributed by atoms with E-state index in [1.165, 1.54) is 48.5 Å². The van der Waals surface area contributed by atoms with Gasteiger partial charge in [0.15, 0.2) is 5.11 Å². The minimum Gasteiger partial charge on any atom is -0.332 e. The average molecular weight is 485 g/mol. The minimum absolute atomic E-state index is 0.0427. The molecule has 170 valence electrons. The van der Waals surface area contributed by atoms with Gasteiger partial charge in [0.1, 0.15) is 5.56 Å². The summed E-state index contributed by atoms with van der Waals surface area (Å²) in [5.74, 6) is -0.739.